The van der Waals surface area contributed by atoms with Crippen molar-refractivity contribution in [2.24, 2.45) is 0 Å². The summed E-state index contributed by atoms with van der Waals surface area (Å²) < 4.78 is 5.36. The molecule has 0 aliphatic carbocycles. The minimum absolute atomic E-state index is 0.196. The van der Waals surface area contributed by atoms with Gasteiger partial charge in [0.1, 0.15) is 4.88 Å². The third kappa shape index (κ3) is 1.77. The highest BCUT2D eigenvalue weighted by Gasteiger charge is 2.16. The van der Waals surface area contributed by atoms with Crippen molar-refractivity contribution in [3.8, 4) is 10.4 Å². The lowest BCUT2D eigenvalue weighted by Crippen LogP contribution is -1.96. The molecule has 92 valence electrons. The van der Waals surface area contributed by atoms with Gasteiger partial charge in [-0.1, -0.05) is 12.1 Å². The second kappa shape index (κ2) is 4.12. The molecule has 1 aliphatic rings. The molecule has 0 amide bonds. The summed E-state index contributed by atoms with van der Waals surface area (Å²) in [5, 5.41) is 8.99. The standard InChI is InChI=1S/C13H11NO3S/c14-10-4-11(18-12(10)13(15)16)7-1-2-8-5-17-6-9(8)3-7/h1-4H,5-6,14H2,(H,15,16). The Morgan fingerprint density at radius 2 is 2.06 bits per heavy atom. The third-order valence-corrected chi connectivity index (χ3v) is 4.15. The zero-order chi connectivity index (χ0) is 12.7. The smallest absolute Gasteiger partial charge is 0.348 e. The van der Waals surface area contributed by atoms with Gasteiger partial charge >= 0.3 is 5.97 Å². The molecule has 0 radical (unpaired) electrons. The predicted octanol–water partition coefficient (Wildman–Crippen LogP) is 2.73. The quantitative estimate of drug-likeness (QED) is 0.871. The number of hydrogen-bond acceptors (Lipinski definition) is 4. The topological polar surface area (TPSA) is 72.5 Å². The van der Waals surface area contributed by atoms with Crippen LogP contribution in [0.2, 0.25) is 0 Å². The normalized spacial score (nSPS) is 13.6. The fourth-order valence-electron chi connectivity index (χ4n) is 2.04. The van der Waals surface area contributed by atoms with Crippen molar-refractivity contribution < 1.29 is 14.6 Å². The third-order valence-electron chi connectivity index (χ3n) is 2.96. The van der Waals surface area contributed by atoms with Gasteiger partial charge in [0.15, 0.2) is 0 Å². The Morgan fingerprint density at radius 1 is 1.28 bits per heavy atom. The van der Waals surface area contributed by atoms with Gasteiger partial charge in [-0.25, -0.2) is 4.79 Å². The van der Waals surface area contributed by atoms with Crippen molar-refractivity contribution in [2.45, 2.75) is 13.2 Å². The van der Waals surface area contributed by atoms with Crippen LogP contribution in [0, 0.1) is 0 Å². The second-order valence-electron chi connectivity index (χ2n) is 4.18. The van der Waals surface area contributed by atoms with Crippen LogP contribution in [0.15, 0.2) is 24.3 Å². The molecule has 3 N–H and O–H groups in total. The maximum absolute atomic E-state index is 11.0. The predicted molar refractivity (Wildman–Crippen MR) is 69.6 cm³/mol. The second-order valence-corrected chi connectivity index (χ2v) is 5.23. The number of benzene rings is 1. The summed E-state index contributed by atoms with van der Waals surface area (Å²) >= 11 is 1.20. The van der Waals surface area contributed by atoms with E-state index in [9.17, 15) is 4.79 Å². The number of nitrogen functional groups attached to an aromatic ring is 1. The van der Waals surface area contributed by atoms with Crippen LogP contribution in [0.3, 0.4) is 0 Å². The first-order valence-electron chi connectivity index (χ1n) is 5.47. The first kappa shape index (κ1) is 11.3. The van der Waals surface area contributed by atoms with E-state index in [0.29, 0.717) is 18.9 Å². The van der Waals surface area contributed by atoms with E-state index in [1.165, 1.54) is 16.9 Å². The van der Waals surface area contributed by atoms with Crippen LogP contribution in [-0.4, -0.2) is 11.1 Å². The molecule has 2 heterocycles. The van der Waals surface area contributed by atoms with Crippen LogP contribution >= 0.6 is 11.3 Å². The molecule has 0 saturated heterocycles. The van der Waals surface area contributed by atoms with E-state index in [-0.39, 0.29) is 4.88 Å². The van der Waals surface area contributed by atoms with Crippen LogP contribution in [0.4, 0.5) is 5.69 Å². The lowest BCUT2D eigenvalue weighted by molar-refractivity contribution is 0.0703. The van der Waals surface area contributed by atoms with Gasteiger partial charge in [-0.3, -0.25) is 0 Å². The molecule has 3 rings (SSSR count). The van der Waals surface area contributed by atoms with E-state index < -0.39 is 5.97 Å². The molecule has 1 aliphatic heterocycles. The molecule has 1 aromatic carbocycles. The van der Waals surface area contributed by atoms with Crippen molar-refractivity contribution in [1.29, 1.82) is 0 Å². The van der Waals surface area contributed by atoms with Crippen molar-refractivity contribution >= 4 is 23.0 Å². The van der Waals surface area contributed by atoms with E-state index in [2.05, 4.69) is 0 Å². The highest BCUT2D eigenvalue weighted by atomic mass is 32.1. The van der Waals surface area contributed by atoms with Crippen LogP contribution in [0.1, 0.15) is 20.8 Å². The molecule has 5 heteroatoms. The average Bonchev–Trinajstić information content (AvgIpc) is 2.93. The molecule has 0 saturated carbocycles. The maximum atomic E-state index is 11.0. The van der Waals surface area contributed by atoms with Gasteiger partial charge in [0, 0.05) is 4.88 Å². The summed E-state index contributed by atoms with van der Waals surface area (Å²) in [6.45, 7) is 1.28. The first-order valence-corrected chi connectivity index (χ1v) is 6.29. The summed E-state index contributed by atoms with van der Waals surface area (Å²) in [6, 6.07) is 7.75. The van der Waals surface area contributed by atoms with Crippen molar-refractivity contribution in [1.82, 2.24) is 0 Å². The van der Waals surface area contributed by atoms with Crippen LogP contribution in [0.25, 0.3) is 10.4 Å². The van der Waals surface area contributed by atoms with E-state index in [1.807, 2.05) is 18.2 Å². The molecular weight excluding hydrogens is 250 g/mol. The molecule has 18 heavy (non-hydrogen) atoms. The molecule has 0 unspecified atom stereocenters. The molecule has 0 fully saturated rings. The fourth-order valence-corrected chi connectivity index (χ4v) is 2.95. The fraction of sp³-hybridized carbons (Fsp3) is 0.154. The number of hydrogen-bond donors (Lipinski definition) is 2. The van der Waals surface area contributed by atoms with Gasteiger partial charge in [-0.15, -0.1) is 11.3 Å². The number of carbonyl (C=O) groups is 1. The molecule has 0 spiro atoms. The van der Waals surface area contributed by atoms with Crippen LogP contribution in [0.5, 0.6) is 0 Å². The molecular formula is C13H11NO3S. The summed E-state index contributed by atoms with van der Waals surface area (Å²) in [7, 11) is 0. The van der Waals surface area contributed by atoms with Crippen LogP contribution < -0.4 is 5.73 Å². The average molecular weight is 261 g/mol. The van der Waals surface area contributed by atoms with Crippen molar-refractivity contribution in [3.05, 3.63) is 40.3 Å². The van der Waals surface area contributed by atoms with Gasteiger partial charge in [0.25, 0.3) is 0 Å². The molecule has 0 bridgehead atoms. The van der Waals surface area contributed by atoms with Crippen molar-refractivity contribution in [2.75, 3.05) is 5.73 Å². The Balaban J connectivity index is 2.05. The number of rotatable bonds is 2. The summed E-state index contributed by atoms with van der Waals surface area (Å²) in [5.41, 5.74) is 9.36. The highest BCUT2D eigenvalue weighted by Crippen LogP contribution is 2.35. The highest BCUT2D eigenvalue weighted by molar-refractivity contribution is 7.17. The number of nitrogens with two attached hydrogens (primary N) is 1. The van der Waals surface area contributed by atoms with Crippen LogP contribution in [-0.2, 0) is 18.0 Å². The Kier molecular flexibility index (Phi) is 2.57. The maximum Gasteiger partial charge on any atom is 0.348 e. The largest absolute Gasteiger partial charge is 0.477 e. The number of ether oxygens (including phenoxy) is 1. The van der Waals surface area contributed by atoms with E-state index >= 15 is 0 Å². The Labute approximate surface area is 108 Å². The number of carboxylic acid groups (broad SMARTS) is 1. The van der Waals surface area contributed by atoms with Gasteiger partial charge < -0.3 is 15.6 Å². The molecule has 1 aromatic heterocycles. The molecule has 4 nitrogen and oxygen atoms in total. The van der Waals surface area contributed by atoms with Gasteiger partial charge in [0.2, 0.25) is 0 Å². The van der Waals surface area contributed by atoms with E-state index in [1.54, 1.807) is 6.07 Å². The summed E-state index contributed by atoms with van der Waals surface area (Å²) in [4.78, 5) is 12.0. The van der Waals surface area contributed by atoms with Gasteiger partial charge in [0.05, 0.1) is 18.9 Å². The van der Waals surface area contributed by atoms with Crippen molar-refractivity contribution in [3.63, 3.8) is 0 Å². The summed E-state index contributed by atoms with van der Waals surface area (Å²) in [6.07, 6.45) is 0. The van der Waals surface area contributed by atoms with E-state index in [4.69, 9.17) is 15.6 Å². The monoisotopic (exact) mass is 261 g/mol. The summed E-state index contributed by atoms with van der Waals surface area (Å²) in [5.74, 6) is -0.978. The molecule has 2 aromatic rings. The van der Waals surface area contributed by atoms with Gasteiger partial charge in [-0.05, 0) is 28.8 Å². The van der Waals surface area contributed by atoms with Gasteiger partial charge in [-0.2, -0.15) is 0 Å². The number of anilines is 1. The minimum Gasteiger partial charge on any atom is -0.477 e. The Bertz CT molecular complexity index is 633. The minimum atomic E-state index is -0.978. The number of carboxylic acids is 1. The molecule has 0 atom stereocenters. The Morgan fingerprint density at radius 3 is 2.78 bits per heavy atom. The Hall–Kier alpha value is -1.85. The number of thiophene rings is 1. The number of fused-ring (bicyclic) bond motifs is 1. The van der Waals surface area contributed by atoms with E-state index in [0.717, 1.165) is 16.0 Å². The zero-order valence-electron chi connectivity index (χ0n) is 9.47. The number of aromatic carboxylic acids is 1. The lowest BCUT2D eigenvalue weighted by Gasteiger charge is -2.00. The zero-order valence-corrected chi connectivity index (χ0v) is 10.3. The lowest BCUT2D eigenvalue weighted by atomic mass is 10.1. The SMILES string of the molecule is Nc1cc(-c2ccc3c(c2)COC3)sc1C(=O)O. The first-order chi connectivity index (χ1) is 8.65.